The molecule has 2 unspecified atom stereocenters. The van der Waals surface area contributed by atoms with Gasteiger partial charge in [0.15, 0.2) is 0 Å². The zero-order valence-electron chi connectivity index (χ0n) is 39.8. The third-order valence-corrected chi connectivity index (χ3v) is 12.0. The van der Waals surface area contributed by atoms with Crippen molar-refractivity contribution >= 4 is 17.8 Å². The molecule has 0 heterocycles. The normalized spacial score (nSPS) is 12.7. The van der Waals surface area contributed by atoms with Crippen LogP contribution in [0.1, 0.15) is 277 Å². The van der Waals surface area contributed by atoms with Crippen molar-refractivity contribution < 1.29 is 24.2 Å². The number of hydrogen-bond donors (Lipinski definition) is 3. The Morgan fingerprint density at radius 2 is 0.883 bits per heavy atom. The van der Waals surface area contributed by atoms with Crippen molar-refractivity contribution in [2.75, 3.05) is 6.54 Å². The van der Waals surface area contributed by atoms with Gasteiger partial charge in [-0.25, -0.2) is 4.79 Å². The quantitative estimate of drug-likeness (QED) is 0.0319. The van der Waals surface area contributed by atoms with Gasteiger partial charge in [-0.15, -0.1) is 0 Å². The lowest BCUT2D eigenvalue weighted by Gasteiger charge is -2.18. The van der Waals surface area contributed by atoms with E-state index in [1.54, 1.807) is 0 Å². The summed E-state index contributed by atoms with van der Waals surface area (Å²) in [7, 11) is 0. The number of carbonyl (C=O) groups excluding carboxylic acids is 2. The Hall–Kier alpha value is -2.15. The van der Waals surface area contributed by atoms with Gasteiger partial charge in [0.25, 0.3) is 0 Å². The number of aliphatic carboxylic acids is 1. The van der Waals surface area contributed by atoms with Crippen molar-refractivity contribution in [3.63, 3.8) is 0 Å². The van der Waals surface area contributed by atoms with Crippen LogP contribution < -0.4 is 11.1 Å². The summed E-state index contributed by atoms with van der Waals surface area (Å²) >= 11 is 0. The van der Waals surface area contributed by atoms with E-state index in [0.717, 1.165) is 77.0 Å². The maximum Gasteiger partial charge on any atom is 0.326 e. The van der Waals surface area contributed by atoms with Crippen molar-refractivity contribution in [1.82, 2.24) is 5.32 Å². The van der Waals surface area contributed by atoms with Crippen LogP contribution in [0, 0.1) is 0 Å². The van der Waals surface area contributed by atoms with E-state index in [0.29, 0.717) is 32.2 Å². The van der Waals surface area contributed by atoms with Crippen molar-refractivity contribution in [3.05, 3.63) is 24.3 Å². The largest absolute Gasteiger partial charge is 0.480 e. The molecule has 4 N–H and O–H groups in total. The van der Waals surface area contributed by atoms with E-state index in [9.17, 15) is 19.5 Å². The highest BCUT2D eigenvalue weighted by molar-refractivity contribution is 5.83. The highest BCUT2D eigenvalue weighted by Gasteiger charge is 2.19. The molecule has 0 aromatic carbocycles. The third kappa shape index (κ3) is 43.9. The zero-order valence-corrected chi connectivity index (χ0v) is 39.8. The monoisotopic (exact) mass is 845 g/mol. The van der Waals surface area contributed by atoms with E-state index < -0.39 is 12.0 Å². The fourth-order valence-electron chi connectivity index (χ4n) is 8.08. The molecule has 0 radical (unpaired) electrons. The van der Waals surface area contributed by atoms with Crippen molar-refractivity contribution in [3.8, 4) is 0 Å². The summed E-state index contributed by atoms with van der Waals surface area (Å²) in [6, 6.07) is -0.860. The van der Waals surface area contributed by atoms with Gasteiger partial charge in [0.05, 0.1) is 0 Å². The average Bonchev–Trinajstić information content (AvgIpc) is 3.23. The molecule has 0 aliphatic heterocycles. The first-order valence-electron chi connectivity index (χ1n) is 26.2. The number of esters is 1. The highest BCUT2D eigenvalue weighted by atomic mass is 16.5. The average molecular weight is 845 g/mol. The molecule has 0 aromatic heterocycles. The van der Waals surface area contributed by atoms with E-state index in [-0.39, 0.29) is 18.0 Å². The lowest BCUT2D eigenvalue weighted by molar-refractivity contribution is -0.150. The number of ether oxygens (including phenoxy) is 1. The molecular weight excluding hydrogens is 745 g/mol. The first kappa shape index (κ1) is 57.9. The first-order chi connectivity index (χ1) is 29.4. The number of rotatable bonds is 48. The fraction of sp³-hybridized carbons (Fsp3) is 0.868. The minimum Gasteiger partial charge on any atom is -0.480 e. The van der Waals surface area contributed by atoms with Gasteiger partial charge in [-0.3, -0.25) is 9.59 Å². The number of nitrogens with one attached hydrogen (secondary N) is 1. The molecule has 0 spiro atoms. The van der Waals surface area contributed by atoms with Gasteiger partial charge < -0.3 is 20.9 Å². The standard InChI is InChI=1S/C53H100N2O5/c1-3-5-7-9-11-13-15-16-17-18-19-20-21-22-23-24-25-26-28-30-32-37-41-47-52(57)60-49(43-38-34-31-29-27-14-12-10-8-6-4-2)44-39-35-33-36-40-46-51(56)55-50(53(58)59)45-42-48-54/h12,14,29,31,49-50H,3-11,13,15-28,30,32-48,54H2,1-2H3,(H,55,56)(H,58,59)/b14-12-,31-29-. The number of carboxylic acid groups (broad SMARTS) is 1. The Labute approximate surface area is 372 Å². The number of nitrogens with two attached hydrogens (primary N) is 1. The van der Waals surface area contributed by atoms with E-state index in [1.165, 1.54) is 161 Å². The molecule has 0 aromatic rings. The summed E-state index contributed by atoms with van der Waals surface area (Å²) in [6.45, 7) is 4.94. The number of hydrogen-bond acceptors (Lipinski definition) is 5. The van der Waals surface area contributed by atoms with Crippen LogP contribution in [0.5, 0.6) is 0 Å². The Balaban J connectivity index is 4.14. The van der Waals surface area contributed by atoms with Crippen LogP contribution in [0.25, 0.3) is 0 Å². The summed E-state index contributed by atoms with van der Waals surface area (Å²) in [4.78, 5) is 36.5. The lowest BCUT2D eigenvalue weighted by Crippen LogP contribution is -2.40. The fourth-order valence-corrected chi connectivity index (χ4v) is 8.08. The van der Waals surface area contributed by atoms with Gasteiger partial charge in [0.2, 0.25) is 5.91 Å². The van der Waals surface area contributed by atoms with Gasteiger partial charge in [-0.05, 0) is 83.6 Å². The molecule has 1 amide bonds. The molecule has 0 rings (SSSR count). The molecule has 60 heavy (non-hydrogen) atoms. The topological polar surface area (TPSA) is 119 Å². The second-order valence-corrected chi connectivity index (χ2v) is 17.9. The van der Waals surface area contributed by atoms with E-state index in [1.807, 2.05) is 0 Å². The molecule has 0 fully saturated rings. The number of allylic oxidation sites excluding steroid dienone is 4. The molecule has 2 atom stereocenters. The maximum atomic E-state index is 12.9. The van der Waals surface area contributed by atoms with E-state index >= 15 is 0 Å². The van der Waals surface area contributed by atoms with Crippen LogP contribution in [0.15, 0.2) is 24.3 Å². The molecule has 0 aliphatic rings. The van der Waals surface area contributed by atoms with Crippen LogP contribution in [0.3, 0.4) is 0 Å². The molecule has 0 saturated carbocycles. The lowest BCUT2D eigenvalue weighted by atomic mass is 10.0. The van der Waals surface area contributed by atoms with Crippen molar-refractivity contribution in [2.24, 2.45) is 5.73 Å². The third-order valence-electron chi connectivity index (χ3n) is 12.0. The number of carboxylic acids is 1. The Morgan fingerprint density at radius 1 is 0.483 bits per heavy atom. The predicted molar refractivity (Wildman–Crippen MR) is 257 cm³/mol. The van der Waals surface area contributed by atoms with Gasteiger partial charge in [-0.1, -0.05) is 212 Å². The number of amides is 1. The van der Waals surface area contributed by atoms with E-state index in [2.05, 4.69) is 43.5 Å². The number of carbonyl (C=O) groups is 3. The summed E-state index contributed by atoms with van der Waals surface area (Å²) in [5, 5.41) is 12.0. The minimum atomic E-state index is -1.01. The van der Waals surface area contributed by atoms with Crippen LogP contribution in [-0.4, -0.2) is 41.6 Å². The summed E-state index contributed by atoms with van der Waals surface area (Å²) < 4.78 is 6.05. The Bertz CT molecular complexity index is 998. The summed E-state index contributed by atoms with van der Waals surface area (Å²) in [5.41, 5.74) is 5.50. The van der Waals surface area contributed by atoms with Gasteiger partial charge in [0.1, 0.15) is 12.1 Å². The molecule has 7 nitrogen and oxygen atoms in total. The summed E-state index contributed by atoms with van der Waals surface area (Å²) in [5.74, 6) is -1.25. The smallest absolute Gasteiger partial charge is 0.326 e. The Morgan fingerprint density at radius 3 is 1.35 bits per heavy atom. The second-order valence-electron chi connectivity index (χ2n) is 17.9. The molecule has 0 aliphatic carbocycles. The van der Waals surface area contributed by atoms with Gasteiger partial charge in [-0.2, -0.15) is 0 Å². The molecule has 352 valence electrons. The molecule has 0 bridgehead atoms. The van der Waals surface area contributed by atoms with E-state index in [4.69, 9.17) is 10.5 Å². The van der Waals surface area contributed by atoms with Crippen LogP contribution in [0.4, 0.5) is 0 Å². The van der Waals surface area contributed by atoms with Crippen LogP contribution >= 0.6 is 0 Å². The SMILES string of the molecule is CCCCC/C=C\C/C=C\CCCC(CCCCCCCC(=O)NC(CCCN)C(=O)O)OC(=O)CCCCCCCCCCCCCCCCCCCCCCCCC. The van der Waals surface area contributed by atoms with Crippen LogP contribution in [0.2, 0.25) is 0 Å². The molecule has 0 saturated heterocycles. The first-order valence-corrected chi connectivity index (χ1v) is 26.2. The minimum absolute atomic E-state index is 0.0267. The molecular formula is C53H100N2O5. The van der Waals surface area contributed by atoms with Crippen molar-refractivity contribution in [2.45, 2.75) is 289 Å². The Kier molecular flexibility index (Phi) is 46.2. The second kappa shape index (κ2) is 47.9. The molecule has 7 heteroatoms. The predicted octanol–water partition coefficient (Wildman–Crippen LogP) is 15.6. The van der Waals surface area contributed by atoms with Gasteiger partial charge >= 0.3 is 11.9 Å². The van der Waals surface area contributed by atoms with Crippen molar-refractivity contribution in [1.29, 1.82) is 0 Å². The highest BCUT2D eigenvalue weighted by Crippen LogP contribution is 2.19. The summed E-state index contributed by atoms with van der Waals surface area (Å²) in [6.07, 6.45) is 56.8. The zero-order chi connectivity index (χ0) is 43.8. The van der Waals surface area contributed by atoms with Crippen LogP contribution in [-0.2, 0) is 19.1 Å². The van der Waals surface area contributed by atoms with Gasteiger partial charge in [0, 0.05) is 12.8 Å². The number of unbranched alkanes of at least 4 members (excludes halogenated alkanes) is 30. The maximum absolute atomic E-state index is 12.9.